The molecule has 0 unspecified atom stereocenters. The molecule has 0 spiro atoms. The summed E-state index contributed by atoms with van der Waals surface area (Å²) in [6.07, 6.45) is 1.70. The lowest BCUT2D eigenvalue weighted by Crippen LogP contribution is -2.64. The Morgan fingerprint density at radius 2 is 1.58 bits per heavy atom. The van der Waals surface area contributed by atoms with Crippen molar-refractivity contribution in [3.8, 4) is 0 Å². The lowest BCUT2D eigenvalue weighted by molar-refractivity contribution is -0.181. The zero-order chi connectivity index (χ0) is 14.5. The molecule has 0 atom stereocenters. The van der Waals surface area contributed by atoms with Crippen LogP contribution < -0.4 is 0 Å². The van der Waals surface area contributed by atoms with E-state index in [0.717, 1.165) is 6.42 Å². The van der Waals surface area contributed by atoms with Gasteiger partial charge in [0.25, 0.3) is 0 Å². The third kappa shape index (κ3) is 2.88. The number of piperidine rings is 1. The summed E-state index contributed by atoms with van der Waals surface area (Å²) >= 11 is 0. The summed E-state index contributed by atoms with van der Waals surface area (Å²) in [5.74, 6) is -1.70. The number of likely N-dealkylation sites (tertiary alicyclic amines) is 1. The number of hydrogen-bond acceptors (Lipinski definition) is 5. The van der Waals surface area contributed by atoms with Gasteiger partial charge in [0.15, 0.2) is 0 Å². The van der Waals surface area contributed by atoms with Gasteiger partial charge < -0.3 is 14.4 Å². The van der Waals surface area contributed by atoms with Crippen molar-refractivity contribution in [1.82, 2.24) is 4.90 Å². The van der Waals surface area contributed by atoms with Gasteiger partial charge in [-0.15, -0.1) is 0 Å². The molecular weight excluding hydrogens is 250 g/mol. The molecule has 6 heteroatoms. The standard InChI is InChI=1S/C13H21NO5/c1-4-18-11(16)13(12(17)19-5-2)8-6-7-9-14(13)10(3)15/h4-9H2,1-3H3. The van der Waals surface area contributed by atoms with Gasteiger partial charge in [-0.25, -0.2) is 9.59 Å². The van der Waals surface area contributed by atoms with Gasteiger partial charge in [0.05, 0.1) is 13.2 Å². The van der Waals surface area contributed by atoms with Gasteiger partial charge in [0, 0.05) is 13.5 Å². The minimum Gasteiger partial charge on any atom is -0.464 e. The van der Waals surface area contributed by atoms with Crippen molar-refractivity contribution in [1.29, 1.82) is 0 Å². The molecule has 1 aliphatic rings. The van der Waals surface area contributed by atoms with Gasteiger partial charge in [-0.05, 0) is 33.1 Å². The summed E-state index contributed by atoms with van der Waals surface area (Å²) in [7, 11) is 0. The first-order valence-corrected chi connectivity index (χ1v) is 6.63. The molecule has 19 heavy (non-hydrogen) atoms. The Bertz CT molecular complexity index is 348. The van der Waals surface area contributed by atoms with Gasteiger partial charge in [0.2, 0.25) is 11.4 Å². The van der Waals surface area contributed by atoms with Crippen molar-refractivity contribution in [2.75, 3.05) is 19.8 Å². The number of carbonyl (C=O) groups is 3. The first-order valence-electron chi connectivity index (χ1n) is 6.63. The van der Waals surface area contributed by atoms with Crippen LogP contribution in [0, 0.1) is 0 Å². The Labute approximate surface area is 113 Å². The van der Waals surface area contributed by atoms with Crippen molar-refractivity contribution < 1.29 is 23.9 Å². The SMILES string of the molecule is CCOC(=O)C1(C(=O)OCC)CCCCN1C(C)=O. The fourth-order valence-corrected chi connectivity index (χ4v) is 2.41. The van der Waals surface area contributed by atoms with E-state index in [1.54, 1.807) is 13.8 Å². The topological polar surface area (TPSA) is 72.9 Å². The van der Waals surface area contributed by atoms with Crippen LogP contribution in [0.3, 0.4) is 0 Å². The first-order chi connectivity index (χ1) is 9.00. The first kappa shape index (κ1) is 15.5. The molecule has 0 aromatic carbocycles. The maximum atomic E-state index is 12.2. The zero-order valence-electron chi connectivity index (χ0n) is 11.7. The number of hydrogen-bond donors (Lipinski definition) is 0. The van der Waals surface area contributed by atoms with Crippen LogP contribution in [0.4, 0.5) is 0 Å². The molecule has 1 fully saturated rings. The summed E-state index contributed by atoms with van der Waals surface area (Å²) in [6, 6.07) is 0. The van der Waals surface area contributed by atoms with Crippen LogP contribution in [-0.4, -0.2) is 48.0 Å². The molecule has 0 bridgehead atoms. The van der Waals surface area contributed by atoms with Crippen molar-refractivity contribution in [3.63, 3.8) is 0 Å². The van der Waals surface area contributed by atoms with Gasteiger partial charge in [-0.3, -0.25) is 4.79 Å². The predicted octanol–water partition coefficient (Wildman–Crippen LogP) is 0.884. The molecule has 108 valence electrons. The van der Waals surface area contributed by atoms with Crippen molar-refractivity contribution in [2.24, 2.45) is 0 Å². The molecule has 1 rings (SSSR count). The second-order valence-corrected chi connectivity index (χ2v) is 4.43. The van der Waals surface area contributed by atoms with E-state index in [4.69, 9.17) is 9.47 Å². The minimum atomic E-state index is -1.60. The van der Waals surface area contributed by atoms with Gasteiger partial charge in [0.1, 0.15) is 0 Å². The fourth-order valence-electron chi connectivity index (χ4n) is 2.41. The summed E-state index contributed by atoms with van der Waals surface area (Å²) in [6.45, 7) is 5.36. The number of esters is 2. The van der Waals surface area contributed by atoms with E-state index >= 15 is 0 Å². The number of nitrogens with zero attached hydrogens (tertiary/aromatic N) is 1. The lowest BCUT2D eigenvalue weighted by Gasteiger charge is -2.42. The lowest BCUT2D eigenvalue weighted by atomic mass is 9.86. The smallest absolute Gasteiger partial charge is 0.343 e. The van der Waals surface area contributed by atoms with Crippen LogP contribution in [-0.2, 0) is 23.9 Å². The zero-order valence-corrected chi connectivity index (χ0v) is 11.7. The number of amides is 1. The van der Waals surface area contributed by atoms with Crippen LogP contribution in [0.5, 0.6) is 0 Å². The minimum absolute atomic E-state index is 0.158. The summed E-state index contributed by atoms with van der Waals surface area (Å²) in [5, 5.41) is 0. The van der Waals surface area contributed by atoms with Crippen molar-refractivity contribution >= 4 is 17.8 Å². The second kappa shape index (κ2) is 6.54. The molecule has 0 saturated carbocycles. The number of rotatable bonds is 4. The average Bonchev–Trinajstić information content (AvgIpc) is 2.38. The Hall–Kier alpha value is -1.59. The van der Waals surface area contributed by atoms with Crippen LogP contribution in [0.25, 0.3) is 0 Å². The highest BCUT2D eigenvalue weighted by molar-refractivity contribution is 6.07. The highest BCUT2D eigenvalue weighted by Gasteiger charge is 2.55. The van der Waals surface area contributed by atoms with Crippen molar-refractivity contribution in [3.05, 3.63) is 0 Å². The molecule has 0 aliphatic carbocycles. The Morgan fingerprint density at radius 3 is 2.00 bits per heavy atom. The normalized spacial score (nSPS) is 17.7. The summed E-state index contributed by atoms with van der Waals surface area (Å²) < 4.78 is 10.00. The Balaban J connectivity index is 3.17. The second-order valence-electron chi connectivity index (χ2n) is 4.43. The van der Waals surface area contributed by atoms with Gasteiger partial charge in [-0.2, -0.15) is 0 Å². The largest absolute Gasteiger partial charge is 0.464 e. The molecule has 1 saturated heterocycles. The summed E-state index contributed by atoms with van der Waals surface area (Å²) in [4.78, 5) is 37.5. The molecule has 1 aliphatic heterocycles. The molecule has 0 N–H and O–H groups in total. The van der Waals surface area contributed by atoms with E-state index in [-0.39, 0.29) is 25.5 Å². The molecular formula is C13H21NO5. The monoisotopic (exact) mass is 271 g/mol. The van der Waals surface area contributed by atoms with E-state index in [9.17, 15) is 14.4 Å². The Morgan fingerprint density at radius 1 is 1.05 bits per heavy atom. The van der Waals surface area contributed by atoms with Crippen LogP contribution in [0.2, 0.25) is 0 Å². The molecule has 0 radical (unpaired) electrons. The third-order valence-corrected chi connectivity index (χ3v) is 3.24. The maximum Gasteiger partial charge on any atom is 0.343 e. The predicted molar refractivity (Wildman–Crippen MR) is 67.2 cm³/mol. The maximum absolute atomic E-state index is 12.2. The number of ether oxygens (including phenoxy) is 2. The average molecular weight is 271 g/mol. The van der Waals surface area contributed by atoms with Crippen LogP contribution >= 0.6 is 0 Å². The van der Waals surface area contributed by atoms with Gasteiger partial charge >= 0.3 is 11.9 Å². The van der Waals surface area contributed by atoms with E-state index in [1.807, 2.05) is 0 Å². The van der Waals surface area contributed by atoms with Crippen LogP contribution in [0.15, 0.2) is 0 Å². The molecule has 6 nitrogen and oxygen atoms in total. The van der Waals surface area contributed by atoms with E-state index in [0.29, 0.717) is 13.0 Å². The highest BCUT2D eigenvalue weighted by Crippen LogP contribution is 2.31. The quantitative estimate of drug-likeness (QED) is 0.560. The van der Waals surface area contributed by atoms with Crippen LogP contribution in [0.1, 0.15) is 40.0 Å². The van der Waals surface area contributed by atoms with E-state index in [1.165, 1.54) is 11.8 Å². The highest BCUT2D eigenvalue weighted by atomic mass is 16.6. The Kier molecular flexibility index (Phi) is 5.32. The van der Waals surface area contributed by atoms with E-state index < -0.39 is 17.5 Å². The molecule has 1 amide bonds. The number of carbonyl (C=O) groups excluding carboxylic acids is 3. The van der Waals surface area contributed by atoms with Crippen molar-refractivity contribution in [2.45, 2.75) is 45.6 Å². The molecule has 1 heterocycles. The van der Waals surface area contributed by atoms with E-state index in [2.05, 4.69) is 0 Å². The fraction of sp³-hybridized carbons (Fsp3) is 0.769. The summed E-state index contributed by atoms with van der Waals surface area (Å²) in [5.41, 5.74) is -1.60. The molecule has 0 aromatic heterocycles. The van der Waals surface area contributed by atoms with Gasteiger partial charge in [-0.1, -0.05) is 0 Å². The third-order valence-electron chi connectivity index (χ3n) is 3.24. The molecule has 0 aromatic rings.